The molecular formula is C10H13N3O7. The van der Waals surface area contributed by atoms with E-state index in [2.05, 4.69) is 5.32 Å². The summed E-state index contributed by atoms with van der Waals surface area (Å²) in [6.07, 6.45) is -0.652. The third-order valence-corrected chi connectivity index (χ3v) is 2.53. The van der Waals surface area contributed by atoms with Crippen LogP contribution in [0.5, 0.6) is 0 Å². The molecule has 0 aromatic carbocycles. The molecule has 0 aromatic heterocycles. The number of piperidine rings is 1. The lowest BCUT2D eigenvalue weighted by atomic mass is 10.1. The smallest absolute Gasteiger partial charge is 0.326 e. The zero-order valence-electron chi connectivity index (χ0n) is 10.2. The molecule has 1 aliphatic heterocycles. The Hall–Kier alpha value is -2.65. The number of carbonyl (C=O) groups excluding carboxylic acids is 3. The Morgan fingerprint density at radius 3 is 2.45 bits per heavy atom. The van der Waals surface area contributed by atoms with Gasteiger partial charge in [0, 0.05) is 6.42 Å². The average Bonchev–Trinajstić information content (AvgIpc) is 2.31. The number of carboxylic acids is 2. The molecule has 10 heteroatoms. The van der Waals surface area contributed by atoms with Gasteiger partial charge in [0.05, 0.1) is 6.42 Å². The summed E-state index contributed by atoms with van der Waals surface area (Å²) in [5.41, 5.74) is 0. The maximum absolute atomic E-state index is 11.5. The Morgan fingerprint density at radius 1 is 1.30 bits per heavy atom. The summed E-state index contributed by atoms with van der Waals surface area (Å²) in [4.78, 5) is 54.9. The Morgan fingerprint density at radius 2 is 1.95 bits per heavy atom. The minimum atomic E-state index is -1.61. The van der Waals surface area contributed by atoms with Crippen molar-refractivity contribution < 1.29 is 34.2 Å². The van der Waals surface area contributed by atoms with E-state index in [0.717, 1.165) is 0 Å². The molecule has 0 bridgehead atoms. The van der Waals surface area contributed by atoms with Crippen LogP contribution in [-0.4, -0.2) is 52.1 Å². The third kappa shape index (κ3) is 4.55. The Labute approximate surface area is 112 Å². The summed E-state index contributed by atoms with van der Waals surface area (Å²) < 4.78 is 0. The molecule has 4 amide bonds. The van der Waals surface area contributed by atoms with Crippen molar-refractivity contribution in [3.05, 3.63) is 0 Å². The molecule has 1 heterocycles. The van der Waals surface area contributed by atoms with Gasteiger partial charge in [-0.3, -0.25) is 19.7 Å². The standard InChI is InChI=1S/C10H13N3O7/c14-6-2-1-4(8(17)13-6)11-10(20)12-5(9(18)19)3-7(15)16/h4-5H,1-3H2,(H,15,16)(H,18,19)(H2,11,12,20)(H,13,14,17)/t4?,5-/m1/s1. The second-order valence-corrected chi connectivity index (χ2v) is 4.11. The molecule has 1 aliphatic rings. The molecule has 0 aliphatic carbocycles. The summed E-state index contributed by atoms with van der Waals surface area (Å²) in [7, 11) is 0. The Bertz CT molecular complexity index is 462. The van der Waals surface area contributed by atoms with Crippen molar-refractivity contribution >= 4 is 29.8 Å². The van der Waals surface area contributed by atoms with Gasteiger partial charge in [-0.25, -0.2) is 9.59 Å². The van der Waals surface area contributed by atoms with Crippen LogP contribution in [0.4, 0.5) is 4.79 Å². The van der Waals surface area contributed by atoms with Crippen LogP contribution in [0.2, 0.25) is 0 Å². The van der Waals surface area contributed by atoms with Crippen LogP contribution in [0.25, 0.3) is 0 Å². The average molecular weight is 287 g/mol. The highest BCUT2D eigenvalue weighted by Gasteiger charge is 2.29. The number of urea groups is 1. The molecule has 0 aromatic rings. The Kier molecular flexibility index (Phi) is 5.01. The van der Waals surface area contributed by atoms with Crippen LogP contribution in [0.1, 0.15) is 19.3 Å². The van der Waals surface area contributed by atoms with Crippen molar-refractivity contribution in [2.75, 3.05) is 0 Å². The zero-order valence-corrected chi connectivity index (χ0v) is 10.2. The van der Waals surface area contributed by atoms with Gasteiger partial charge in [0.2, 0.25) is 11.8 Å². The fourth-order valence-corrected chi connectivity index (χ4v) is 1.56. The molecule has 110 valence electrons. The number of carbonyl (C=O) groups is 5. The number of amides is 4. The predicted octanol–water partition coefficient (Wildman–Crippen LogP) is -1.98. The normalized spacial score (nSPS) is 19.7. The highest BCUT2D eigenvalue weighted by molar-refractivity contribution is 6.01. The fourth-order valence-electron chi connectivity index (χ4n) is 1.56. The first-order chi connectivity index (χ1) is 9.29. The Balaban J connectivity index is 2.53. The summed E-state index contributed by atoms with van der Waals surface area (Å²) in [5.74, 6) is -4.05. The number of nitrogens with one attached hydrogen (secondary N) is 3. The van der Waals surface area contributed by atoms with E-state index in [1.54, 1.807) is 0 Å². The van der Waals surface area contributed by atoms with Crippen LogP contribution in [-0.2, 0) is 19.2 Å². The maximum atomic E-state index is 11.5. The molecule has 10 nitrogen and oxygen atoms in total. The second-order valence-electron chi connectivity index (χ2n) is 4.11. The quantitative estimate of drug-likeness (QED) is 0.366. The summed E-state index contributed by atoms with van der Waals surface area (Å²) in [6.45, 7) is 0. The number of rotatable bonds is 5. The second kappa shape index (κ2) is 6.50. The number of aliphatic carboxylic acids is 2. The van der Waals surface area contributed by atoms with Crippen LogP contribution < -0.4 is 16.0 Å². The first kappa shape index (κ1) is 15.4. The van der Waals surface area contributed by atoms with Crippen molar-refractivity contribution in [2.45, 2.75) is 31.3 Å². The highest BCUT2D eigenvalue weighted by atomic mass is 16.4. The van der Waals surface area contributed by atoms with E-state index < -0.39 is 48.3 Å². The van der Waals surface area contributed by atoms with E-state index in [9.17, 15) is 24.0 Å². The fraction of sp³-hybridized carbons (Fsp3) is 0.500. The topological polar surface area (TPSA) is 162 Å². The van der Waals surface area contributed by atoms with Crippen molar-refractivity contribution in [3.8, 4) is 0 Å². The van der Waals surface area contributed by atoms with Gasteiger partial charge < -0.3 is 20.8 Å². The lowest BCUT2D eigenvalue weighted by molar-refractivity contribution is -0.145. The van der Waals surface area contributed by atoms with E-state index in [1.165, 1.54) is 0 Å². The minimum Gasteiger partial charge on any atom is -0.481 e. The lowest BCUT2D eigenvalue weighted by Crippen LogP contribution is -2.56. The third-order valence-electron chi connectivity index (χ3n) is 2.53. The van der Waals surface area contributed by atoms with Gasteiger partial charge in [0.25, 0.3) is 0 Å². The van der Waals surface area contributed by atoms with Gasteiger partial charge in [0.15, 0.2) is 0 Å². The molecule has 5 N–H and O–H groups in total. The molecule has 1 unspecified atom stereocenters. The number of carboxylic acid groups (broad SMARTS) is 2. The van der Waals surface area contributed by atoms with Gasteiger partial charge in [-0.15, -0.1) is 0 Å². The van der Waals surface area contributed by atoms with E-state index >= 15 is 0 Å². The highest BCUT2D eigenvalue weighted by Crippen LogP contribution is 2.04. The predicted molar refractivity (Wildman–Crippen MR) is 61.5 cm³/mol. The van der Waals surface area contributed by atoms with E-state index in [-0.39, 0.29) is 12.8 Å². The maximum Gasteiger partial charge on any atom is 0.326 e. The molecular weight excluding hydrogens is 274 g/mol. The van der Waals surface area contributed by atoms with Crippen LogP contribution >= 0.6 is 0 Å². The molecule has 20 heavy (non-hydrogen) atoms. The van der Waals surface area contributed by atoms with Crippen LogP contribution in [0, 0.1) is 0 Å². The van der Waals surface area contributed by atoms with Gasteiger partial charge in [0.1, 0.15) is 12.1 Å². The van der Waals surface area contributed by atoms with Gasteiger partial charge >= 0.3 is 18.0 Å². The van der Waals surface area contributed by atoms with Crippen LogP contribution in [0.15, 0.2) is 0 Å². The zero-order chi connectivity index (χ0) is 15.3. The van der Waals surface area contributed by atoms with E-state index in [0.29, 0.717) is 0 Å². The minimum absolute atomic E-state index is 0.0498. The molecule has 0 spiro atoms. The van der Waals surface area contributed by atoms with Crippen molar-refractivity contribution in [2.24, 2.45) is 0 Å². The SMILES string of the molecule is O=C(O)C[C@@H](NC(=O)NC1CCC(=O)NC1=O)C(=O)O. The van der Waals surface area contributed by atoms with Crippen molar-refractivity contribution in [3.63, 3.8) is 0 Å². The lowest BCUT2D eigenvalue weighted by Gasteiger charge is -2.22. The molecule has 2 atom stereocenters. The molecule has 1 saturated heterocycles. The monoisotopic (exact) mass is 287 g/mol. The van der Waals surface area contributed by atoms with Crippen LogP contribution in [0.3, 0.4) is 0 Å². The number of imide groups is 1. The first-order valence-corrected chi connectivity index (χ1v) is 5.65. The molecule has 1 rings (SSSR count). The summed E-state index contributed by atoms with van der Waals surface area (Å²) in [6, 6.07) is -3.57. The molecule has 0 radical (unpaired) electrons. The number of hydrogen-bond donors (Lipinski definition) is 5. The van der Waals surface area contributed by atoms with Crippen molar-refractivity contribution in [1.29, 1.82) is 0 Å². The molecule has 0 saturated carbocycles. The van der Waals surface area contributed by atoms with Gasteiger partial charge in [-0.05, 0) is 6.42 Å². The van der Waals surface area contributed by atoms with Gasteiger partial charge in [-0.2, -0.15) is 0 Å². The summed E-state index contributed by atoms with van der Waals surface area (Å²) in [5, 5.41) is 23.4. The molecule has 1 fully saturated rings. The van der Waals surface area contributed by atoms with E-state index in [4.69, 9.17) is 10.2 Å². The first-order valence-electron chi connectivity index (χ1n) is 5.65. The van der Waals surface area contributed by atoms with Gasteiger partial charge in [-0.1, -0.05) is 0 Å². The largest absolute Gasteiger partial charge is 0.481 e. The van der Waals surface area contributed by atoms with E-state index in [1.807, 2.05) is 10.6 Å². The number of hydrogen-bond acceptors (Lipinski definition) is 5. The van der Waals surface area contributed by atoms with Crippen molar-refractivity contribution in [1.82, 2.24) is 16.0 Å². The summed E-state index contributed by atoms with van der Waals surface area (Å²) >= 11 is 0.